The molecule has 3 heterocycles. The van der Waals surface area contributed by atoms with Crippen molar-refractivity contribution in [3.8, 4) is 0 Å². The summed E-state index contributed by atoms with van der Waals surface area (Å²) in [7, 11) is -5.99. The van der Waals surface area contributed by atoms with E-state index in [1.54, 1.807) is 6.33 Å². The van der Waals surface area contributed by atoms with Gasteiger partial charge in [-0.25, -0.2) is 15.0 Å². The van der Waals surface area contributed by atoms with Crippen molar-refractivity contribution < 1.29 is 18.0 Å². The predicted octanol–water partition coefficient (Wildman–Crippen LogP) is 9.58. The van der Waals surface area contributed by atoms with Gasteiger partial charge in [0.2, 0.25) is 0 Å². The molecule has 3 aromatic rings. The number of aromatic nitrogens is 4. The van der Waals surface area contributed by atoms with Crippen LogP contribution in [0.2, 0.25) is 54.4 Å². The highest BCUT2D eigenvalue weighted by Crippen LogP contribution is 2.44. The van der Waals surface area contributed by atoms with Crippen LogP contribution in [-0.2, 0) is 30.3 Å². The summed E-state index contributed by atoms with van der Waals surface area (Å²) >= 11 is 0. The van der Waals surface area contributed by atoms with Gasteiger partial charge in [-0.15, -0.1) is 0 Å². The Morgan fingerprint density at radius 2 is 1.47 bits per heavy atom. The molecule has 0 saturated carbocycles. The minimum Gasteiger partial charge on any atom is -0.413 e. The molecule has 9 nitrogen and oxygen atoms in total. The zero-order valence-electron chi connectivity index (χ0n) is 31.8. The standard InChI is InChI=1S/C35H61N5O4Si3/c1-32(2,3)45(10,11)42-21-26-17-16-18-27(19-26)39-30-29-31(37-24-36-30)40(25-38-29)35(23-43-46(12,13)33(4,5)6)20-28(22-41-35)44-47(14,15)34(7,8)9/h16-19,24-25,28H,20-23H2,1-15H3,(H,36,37,39)/t28-,35+/m0/s1. The van der Waals surface area contributed by atoms with E-state index in [0.29, 0.717) is 43.2 Å². The summed E-state index contributed by atoms with van der Waals surface area (Å²) in [6.45, 7) is 35.6. The van der Waals surface area contributed by atoms with Gasteiger partial charge < -0.3 is 23.3 Å². The minimum atomic E-state index is -2.09. The van der Waals surface area contributed by atoms with Crippen molar-refractivity contribution >= 4 is 47.6 Å². The molecule has 262 valence electrons. The van der Waals surface area contributed by atoms with Crippen LogP contribution in [-0.4, -0.2) is 63.8 Å². The second kappa shape index (κ2) is 13.1. The van der Waals surface area contributed by atoms with Crippen molar-refractivity contribution in [2.45, 2.75) is 142 Å². The molecular formula is C35H61N5O4Si3. The lowest BCUT2D eigenvalue weighted by atomic mass is 10.1. The fourth-order valence-electron chi connectivity index (χ4n) is 4.82. The van der Waals surface area contributed by atoms with Crippen LogP contribution in [0.5, 0.6) is 0 Å². The van der Waals surface area contributed by atoms with Gasteiger partial charge in [0, 0.05) is 12.1 Å². The summed E-state index contributed by atoms with van der Waals surface area (Å²) in [5.41, 5.74) is 2.62. The van der Waals surface area contributed by atoms with Crippen LogP contribution in [0.15, 0.2) is 36.9 Å². The highest BCUT2D eigenvalue weighted by atomic mass is 28.4. The van der Waals surface area contributed by atoms with E-state index in [0.717, 1.165) is 11.3 Å². The van der Waals surface area contributed by atoms with Crippen LogP contribution >= 0.6 is 0 Å². The van der Waals surface area contributed by atoms with Crippen LogP contribution in [0.3, 0.4) is 0 Å². The van der Waals surface area contributed by atoms with Gasteiger partial charge in [0.15, 0.2) is 47.7 Å². The van der Waals surface area contributed by atoms with Crippen molar-refractivity contribution in [1.82, 2.24) is 19.5 Å². The number of anilines is 2. The third kappa shape index (κ3) is 8.27. The molecule has 1 fully saturated rings. The molecular weight excluding hydrogens is 639 g/mol. The summed E-state index contributed by atoms with van der Waals surface area (Å²) < 4.78 is 29.0. The van der Waals surface area contributed by atoms with Gasteiger partial charge in [-0.05, 0) is 72.1 Å². The zero-order chi connectivity index (χ0) is 35.3. The number of benzene rings is 1. The topological polar surface area (TPSA) is 92.6 Å². The zero-order valence-corrected chi connectivity index (χ0v) is 34.8. The molecule has 0 radical (unpaired) electrons. The first-order valence-corrected chi connectivity index (χ1v) is 25.7. The summed E-state index contributed by atoms with van der Waals surface area (Å²) in [4.78, 5) is 14.2. The van der Waals surface area contributed by atoms with E-state index in [1.807, 2.05) is 18.5 Å². The summed E-state index contributed by atoms with van der Waals surface area (Å²) in [6, 6.07) is 8.31. The molecule has 2 aromatic heterocycles. The average molecular weight is 700 g/mol. The van der Waals surface area contributed by atoms with Gasteiger partial charge in [0.1, 0.15) is 6.33 Å². The van der Waals surface area contributed by atoms with E-state index < -0.39 is 30.7 Å². The fraction of sp³-hybridized carbons (Fsp3) is 0.686. The predicted molar refractivity (Wildman–Crippen MR) is 201 cm³/mol. The second-order valence-corrected chi connectivity index (χ2v) is 32.3. The molecule has 1 aliphatic rings. The summed E-state index contributed by atoms with van der Waals surface area (Å²) in [5, 5.41) is 3.82. The van der Waals surface area contributed by atoms with Crippen molar-refractivity contribution in [3.05, 3.63) is 42.5 Å². The van der Waals surface area contributed by atoms with Crippen molar-refractivity contribution in [2.75, 3.05) is 18.5 Å². The Bertz CT molecular complexity index is 1540. The molecule has 0 unspecified atom stereocenters. The summed E-state index contributed by atoms with van der Waals surface area (Å²) in [6.07, 6.45) is 4.03. The number of nitrogens with zero attached hydrogens (tertiary/aromatic N) is 4. The van der Waals surface area contributed by atoms with Gasteiger partial charge in [-0.1, -0.05) is 74.4 Å². The Morgan fingerprint density at radius 3 is 2.09 bits per heavy atom. The van der Waals surface area contributed by atoms with E-state index in [9.17, 15) is 0 Å². The van der Waals surface area contributed by atoms with Gasteiger partial charge in [0.05, 0.1) is 32.3 Å². The normalized spacial score (nSPS) is 20.3. The largest absolute Gasteiger partial charge is 0.413 e. The maximum absolute atomic E-state index is 6.88. The molecule has 0 spiro atoms. The number of hydrogen-bond donors (Lipinski definition) is 1. The molecule has 1 saturated heterocycles. The smallest absolute Gasteiger partial charge is 0.192 e. The van der Waals surface area contributed by atoms with Crippen LogP contribution in [0.1, 0.15) is 74.3 Å². The van der Waals surface area contributed by atoms with E-state index >= 15 is 0 Å². The Kier molecular flexibility index (Phi) is 10.5. The van der Waals surface area contributed by atoms with Gasteiger partial charge >= 0.3 is 0 Å². The maximum Gasteiger partial charge on any atom is 0.192 e. The average Bonchev–Trinajstić information content (AvgIpc) is 3.55. The molecule has 2 atom stereocenters. The minimum absolute atomic E-state index is 0.0490. The van der Waals surface area contributed by atoms with Crippen LogP contribution in [0.4, 0.5) is 11.5 Å². The maximum atomic E-state index is 6.88. The number of hydrogen-bond acceptors (Lipinski definition) is 8. The number of fused-ring (bicyclic) bond motifs is 1. The first-order valence-electron chi connectivity index (χ1n) is 17.0. The third-order valence-corrected chi connectivity index (χ3v) is 24.7. The SMILES string of the molecule is CC(C)(C)[Si](C)(C)OCc1cccc(Nc2ncnc3c2ncn3[C@]2(CO[Si](C)(C)C(C)(C)C)C[C@H](O[Si](C)(C)C(C)(C)C)CO2)c1. The van der Waals surface area contributed by atoms with Crippen LogP contribution in [0.25, 0.3) is 11.2 Å². The van der Waals surface area contributed by atoms with Crippen molar-refractivity contribution in [1.29, 1.82) is 0 Å². The number of nitrogens with one attached hydrogen (secondary N) is 1. The highest BCUT2D eigenvalue weighted by Gasteiger charge is 2.50. The van der Waals surface area contributed by atoms with E-state index in [4.69, 9.17) is 28.0 Å². The molecule has 47 heavy (non-hydrogen) atoms. The fourth-order valence-corrected chi connectivity index (χ4v) is 8.14. The van der Waals surface area contributed by atoms with Crippen LogP contribution < -0.4 is 5.32 Å². The first kappa shape index (κ1) is 37.9. The highest BCUT2D eigenvalue weighted by molar-refractivity contribution is 6.74. The van der Waals surface area contributed by atoms with E-state index in [2.05, 4.69) is 129 Å². The third-order valence-electron chi connectivity index (χ3n) is 11.2. The molecule has 4 rings (SSSR count). The molecule has 1 aliphatic heterocycles. The van der Waals surface area contributed by atoms with E-state index in [-0.39, 0.29) is 21.2 Å². The van der Waals surface area contributed by atoms with Crippen molar-refractivity contribution in [2.24, 2.45) is 0 Å². The molecule has 12 heteroatoms. The molecule has 1 aromatic carbocycles. The molecule has 0 aliphatic carbocycles. The number of ether oxygens (including phenoxy) is 1. The molecule has 1 N–H and O–H groups in total. The Labute approximate surface area is 287 Å². The molecule has 0 amide bonds. The lowest BCUT2D eigenvalue weighted by molar-refractivity contribution is -0.0930. The second-order valence-electron chi connectivity index (χ2n) is 17.9. The summed E-state index contributed by atoms with van der Waals surface area (Å²) in [5.74, 6) is 0.642. The Hall–Kier alpha value is -1.94. The lowest BCUT2D eigenvalue weighted by Gasteiger charge is -2.40. The van der Waals surface area contributed by atoms with E-state index in [1.165, 1.54) is 0 Å². The van der Waals surface area contributed by atoms with Gasteiger partial charge in [-0.3, -0.25) is 4.57 Å². The van der Waals surface area contributed by atoms with Gasteiger partial charge in [0.25, 0.3) is 0 Å². The number of imidazole rings is 1. The van der Waals surface area contributed by atoms with Gasteiger partial charge in [-0.2, -0.15) is 0 Å². The molecule has 0 bridgehead atoms. The van der Waals surface area contributed by atoms with Crippen molar-refractivity contribution in [3.63, 3.8) is 0 Å². The first-order chi connectivity index (χ1) is 21.4. The Balaban J connectivity index is 1.65. The quantitative estimate of drug-likeness (QED) is 0.198. The Morgan fingerprint density at radius 1 is 0.851 bits per heavy atom. The monoisotopic (exact) mass is 699 g/mol. The lowest BCUT2D eigenvalue weighted by Crippen LogP contribution is -2.48. The number of rotatable bonds is 11. The van der Waals surface area contributed by atoms with Crippen LogP contribution in [0, 0.1) is 0 Å².